The highest BCUT2D eigenvalue weighted by Gasteiger charge is 2.50. The van der Waals surface area contributed by atoms with Crippen LogP contribution in [0.4, 0.5) is 23.8 Å². The average molecular weight is 865 g/mol. The molecule has 61 heavy (non-hydrogen) atoms. The molecule has 5 aliphatic rings. The molecule has 8 heterocycles. The van der Waals surface area contributed by atoms with Crippen molar-refractivity contribution < 1.29 is 42.0 Å². The number of amides is 1. The van der Waals surface area contributed by atoms with Gasteiger partial charge in [-0.1, -0.05) is 0 Å². The number of fused-ring (bicyclic) bond motifs is 5. The molecule has 4 aromatic heterocycles. The summed E-state index contributed by atoms with van der Waals surface area (Å²) in [6.07, 6.45) is 5.28. The molecule has 10 rings (SSSR count). The SMILES string of the molecule is CN(C)C(=O)OC[C@@H]1CC[C@]2(COc3nc(N4CCOC[C@@](C)(O)C4)c4c(n3)sc3c(-c5c(C6CC6)c(C(F)(F)F)cc6c5cnn6C5CCCCO5)nccc34)CCCN12. The van der Waals surface area contributed by atoms with Gasteiger partial charge in [-0.15, -0.1) is 11.3 Å². The maximum Gasteiger partial charge on any atom is 0.416 e. The minimum atomic E-state index is -4.61. The first-order valence-corrected chi connectivity index (χ1v) is 22.2. The van der Waals surface area contributed by atoms with Crippen molar-refractivity contribution in [1.29, 1.82) is 0 Å². The van der Waals surface area contributed by atoms with E-state index in [1.54, 1.807) is 38.1 Å². The summed E-state index contributed by atoms with van der Waals surface area (Å²) >= 11 is 1.36. The minimum Gasteiger partial charge on any atom is -0.461 e. The lowest BCUT2D eigenvalue weighted by Crippen LogP contribution is -2.48. The predicted octanol–water partition coefficient (Wildman–Crippen LogP) is 7.51. The van der Waals surface area contributed by atoms with Gasteiger partial charge in [0.25, 0.3) is 0 Å². The van der Waals surface area contributed by atoms with E-state index >= 15 is 13.2 Å². The van der Waals surface area contributed by atoms with Crippen molar-refractivity contribution in [1.82, 2.24) is 34.5 Å². The van der Waals surface area contributed by atoms with Gasteiger partial charge in [0.15, 0.2) is 6.23 Å². The second kappa shape index (κ2) is 15.5. The maximum absolute atomic E-state index is 15.2. The van der Waals surface area contributed by atoms with Crippen LogP contribution in [0.25, 0.3) is 42.5 Å². The lowest BCUT2D eigenvalue weighted by atomic mass is 9.90. The number of hydrogen-bond donors (Lipinski definition) is 1. The summed E-state index contributed by atoms with van der Waals surface area (Å²) in [5.74, 6) is 0.282. The van der Waals surface area contributed by atoms with Crippen LogP contribution in [0.5, 0.6) is 6.01 Å². The van der Waals surface area contributed by atoms with E-state index in [1.165, 1.54) is 22.3 Å². The number of hydrogen-bond acceptors (Lipinski definition) is 13. The Labute approximate surface area is 354 Å². The minimum absolute atomic E-state index is 0.0759. The van der Waals surface area contributed by atoms with Crippen LogP contribution in [0.1, 0.15) is 88.0 Å². The van der Waals surface area contributed by atoms with Gasteiger partial charge in [0, 0.05) is 55.8 Å². The van der Waals surface area contributed by atoms with Gasteiger partial charge in [0.1, 0.15) is 29.5 Å². The largest absolute Gasteiger partial charge is 0.461 e. The van der Waals surface area contributed by atoms with Gasteiger partial charge in [-0.3, -0.25) is 9.88 Å². The van der Waals surface area contributed by atoms with Gasteiger partial charge in [0.05, 0.1) is 58.4 Å². The number of halogens is 3. The van der Waals surface area contributed by atoms with E-state index in [2.05, 4.69) is 10.00 Å². The third kappa shape index (κ3) is 7.44. The van der Waals surface area contributed by atoms with Crippen LogP contribution in [0.3, 0.4) is 0 Å². The standard InChI is InChI=1S/C43H51F3N8O6S/c1-41(56)22-52(16-18-57-23-41)37-34-27-11-14-47-35(33-28-20-48-54(31-7-4-5-17-58-31)30(28)19-29(43(44,45)46)32(33)25-8-9-25)36(27)61-38(34)50-39(49-37)60-24-42-12-6-15-53(42)26(10-13-42)21-59-40(55)51(2)3/h11,14,19-20,25-26,31,56H,4-10,12-13,15-18,21-24H2,1-3H3/t26-,31?,41-,42-/m0/s1. The summed E-state index contributed by atoms with van der Waals surface area (Å²) in [6, 6.07) is 3.38. The molecule has 1 aliphatic carbocycles. The Kier molecular flexibility index (Phi) is 10.3. The molecule has 0 spiro atoms. The molecule has 0 bridgehead atoms. The molecule has 1 amide bonds. The summed E-state index contributed by atoms with van der Waals surface area (Å²) < 4.78 is 72.1. The normalized spacial score (nSPS) is 26.3. The van der Waals surface area contributed by atoms with Crippen molar-refractivity contribution in [2.24, 2.45) is 0 Å². The number of carbonyl (C=O) groups is 1. The highest BCUT2D eigenvalue weighted by atomic mass is 32.1. The van der Waals surface area contributed by atoms with Gasteiger partial charge in [0.2, 0.25) is 0 Å². The molecule has 1 aromatic carbocycles. The van der Waals surface area contributed by atoms with Crippen molar-refractivity contribution in [3.8, 4) is 17.3 Å². The zero-order valence-corrected chi connectivity index (χ0v) is 35.5. The number of rotatable bonds is 9. The Balaban J connectivity index is 1.10. The number of pyridine rings is 1. The summed E-state index contributed by atoms with van der Waals surface area (Å²) in [6.45, 7) is 4.91. The maximum atomic E-state index is 15.2. The van der Waals surface area contributed by atoms with Gasteiger partial charge in [-0.2, -0.15) is 28.2 Å². The topological polar surface area (TPSA) is 140 Å². The Morgan fingerprint density at radius 1 is 1.08 bits per heavy atom. The number of β-amino-alcohol motifs (C(OH)–C–C–N with tert-alkyl or cyclic N) is 1. The Bertz CT molecular complexity index is 2480. The molecule has 14 nitrogen and oxygen atoms in total. The summed E-state index contributed by atoms with van der Waals surface area (Å²) in [5.41, 5.74) is -0.617. The zero-order chi connectivity index (χ0) is 42.3. The molecule has 1 N–H and O–H groups in total. The fourth-order valence-electron chi connectivity index (χ4n) is 10.1. The molecule has 5 fully saturated rings. The first kappa shape index (κ1) is 40.7. The van der Waals surface area contributed by atoms with E-state index in [9.17, 15) is 9.90 Å². The van der Waals surface area contributed by atoms with Crippen molar-refractivity contribution in [3.05, 3.63) is 35.7 Å². The summed E-state index contributed by atoms with van der Waals surface area (Å²) in [5, 5.41) is 18.1. The number of alkyl halides is 3. The molecular weight excluding hydrogens is 814 g/mol. The molecule has 4 atom stereocenters. The lowest BCUT2D eigenvalue weighted by molar-refractivity contribution is -0.138. The van der Waals surface area contributed by atoms with Gasteiger partial charge in [-0.25, -0.2) is 9.48 Å². The first-order chi connectivity index (χ1) is 29.3. The van der Waals surface area contributed by atoms with Gasteiger partial charge in [-0.05, 0) is 94.9 Å². The van der Waals surface area contributed by atoms with E-state index in [0.717, 1.165) is 50.5 Å². The highest BCUT2D eigenvalue weighted by Crippen LogP contribution is 2.54. The first-order valence-electron chi connectivity index (χ1n) is 21.4. The van der Waals surface area contributed by atoms with Crippen molar-refractivity contribution in [2.75, 3.05) is 71.7 Å². The molecular formula is C43H51F3N8O6S. The molecule has 18 heteroatoms. The van der Waals surface area contributed by atoms with Crippen LogP contribution < -0.4 is 9.64 Å². The average Bonchev–Trinajstić information content (AvgIpc) is 3.56. The van der Waals surface area contributed by atoms with E-state index < -0.39 is 23.6 Å². The third-order valence-corrected chi connectivity index (χ3v) is 14.2. The number of nitrogens with zero attached hydrogens (tertiary/aromatic N) is 8. The van der Waals surface area contributed by atoms with Gasteiger partial charge < -0.3 is 33.9 Å². The van der Waals surface area contributed by atoms with Crippen LogP contribution in [0.15, 0.2) is 24.5 Å². The zero-order valence-electron chi connectivity index (χ0n) is 34.7. The van der Waals surface area contributed by atoms with Crippen LogP contribution in [-0.2, 0) is 20.4 Å². The number of aromatic nitrogens is 5. The number of benzene rings is 1. The second-order valence-corrected chi connectivity index (χ2v) is 18.9. The highest BCUT2D eigenvalue weighted by molar-refractivity contribution is 7.26. The van der Waals surface area contributed by atoms with Crippen molar-refractivity contribution in [2.45, 2.75) is 100 Å². The third-order valence-electron chi connectivity index (χ3n) is 13.1. The van der Waals surface area contributed by atoms with Crippen LogP contribution in [0.2, 0.25) is 0 Å². The van der Waals surface area contributed by atoms with Crippen molar-refractivity contribution in [3.63, 3.8) is 0 Å². The van der Waals surface area contributed by atoms with Gasteiger partial charge >= 0.3 is 18.3 Å². The number of carbonyl (C=O) groups excluding carboxylic acids is 1. The fourth-order valence-corrected chi connectivity index (χ4v) is 11.3. The Hall–Kier alpha value is -4.36. The molecule has 5 aromatic rings. The molecule has 4 saturated heterocycles. The number of anilines is 1. The second-order valence-electron chi connectivity index (χ2n) is 17.9. The molecule has 1 unspecified atom stereocenters. The quantitative estimate of drug-likeness (QED) is 0.157. The summed E-state index contributed by atoms with van der Waals surface area (Å²) in [4.78, 5) is 33.7. The lowest BCUT2D eigenvalue weighted by Gasteiger charge is -2.34. The van der Waals surface area contributed by atoms with Crippen molar-refractivity contribution >= 4 is 54.5 Å². The fraction of sp³-hybridized carbons (Fsp3) is 0.605. The van der Waals surface area contributed by atoms with E-state index in [4.69, 9.17) is 33.9 Å². The van der Waals surface area contributed by atoms with Crippen LogP contribution in [0, 0.1) is 0 Å². The summed E-state index contributed by atoms with van der Waals surface area (Å²) in [7, 11) is 3.34. The monoisotopic (exact) mass is 864 g/mol. The number of ether oxygens (including phenoxy) is 4. The molecule has 326 valence electrons. The molecule has 1 saturated carbocycles. The number of thiophene rings is 1. The van der Waals surface area contributed by atoms with E-state index in [0.29, 0.717) is 95.1 Å². The predicted molar refractivity (Wildman–Crippen MR) is 223 cm³/mol. The smallest absolute Gasteiger partial charge is 0.416 e. The Morgan fingerprint density at radius 2 is 1.93 bits per heavy atom. The van der Waals surface area contributed by atoms with Crippen LogP contribution in [-0.4, -0.2) is 130 Å². The number of aliphatic hydroxyl groups is 1. The van der Waals surface area contributed by atoms with E-state index in [1.807, 2.05) is 11.0 Å². The molecule has 0 radical (unpaired) electrons. The Morgan fingerprint density at radius 3 is 2.70 bits per heavy atom. The van der Waals surface area contributed by atoms with Crippen LogP contribution >= 0.6 is 11.3 Å². The molecule has 4 aliphatic heterocycles. The van der Waals surface area contributed by atoms with E-state index in [-0.39, 0.29) is 48.3 Å².